The third kappa shape index (κ3) is 4.06. The highest BCUT2D eigenvalue weighted by molar-refractivity contribution is 9.10. The van der Waals surface area contributed by atoms with Crippen molar-refractivity contribution in [1.82, 2.24) is 5.32 Å². The highest BCUT2D eigenvalue weighted by Crippen LogP contribution is 2.34. The molecule has 0 amide bonds. The Hall–Kier alpha value is -0.380. The van der Waals surface area contributed by atoms with Crippen LogP contribution in [0.2, 0.25) is 0 Å². The molecule has 0 aliphatic heterocycles. The first-order valence-corrected chi connectivity index (χ1v) is 8.98. The Morgan fingerprint density at radius 3 is 2.55 bits per heavy atom. The Morgan fingerprint density at radius 1 is 1.15 bits per heavy atom. The molecular weight excluding hydrogens is 330 g/mol. The predicted molar refractivity (Wildman–Crippen MR) is 94.6 cm³/mol. The summed E-state index contributed by atoms with van der Waals surface area (Å²) in [7, 11) is 0. The van der Waals surface area contributed by atoms with E-state index < -0.39 is 0 Å². The minimum atomic E-state index is 0.690. The lowest BCUT2D eigenvalue weighted by molar-refractivity contribution is 0.552. The summed E-state index contributed by atoms with van der Waals surface area (Å²) in [4.78, 5) is 1.51. The van der Waals surface area contributed by atoms with E-state index in [-0.39, 0.29) is 0 Å². The number of nitrogens with one attached hydrogen (secondary N) is 1. The average Bonchev–Trinajstić information content (AvgIpc) is 2.66. The number of rotatable bonds is 6. The second kappa shape index (κ2) is 7.06. The van der Waals surface area contributed by atoms with E-state index in [0.717, 1.165) is 19.5 Å². The lowest BCUT2D eigenvalue weighted by atomic mass is 10.00. The van der Waals surface area contributed by atoms with Crippen molar-refractivity contribution in [3.8, 4) is 0 Å². The molecule has 0 atom stereocenters. The molecule has 0 unspecified atom stereocenters. The molecule has 0 fully saturated rings. The van der Waals surface area contributed by atoms with Crippen LogP contribution in [0.3, 0.4) is 0 Å². The van der Waals surface area contributed by atoms with Gasteiger partial charge in [-0.25, -0.2) is 0 Å². The Labute approximate surface area is 134 Å². The largest absolute Gasteiger partial charge is 0.312 e. The fraction of sp³-hybridized carbons (Fsp3) is 0.529. The first kappa shape index (κ1) is 16.0. The third-order valence-corrected chi connectivity index (χ3v) is 4.99. The van der Waals surface area contributed by atoms with Crippen molar-refractivity contribution in [2.24, 2.45) is 11.8 Å². The molecular formula is C17H24BrNS. The molecule has 0 radical (unpaired) electrons. The van der Waals surface area contributed by atoms with Gasteiger partial charge in [0.2, 0.25) is 0 Å². The van der Waals surface area contributed by atoms with Gasteiger partial charge in [-0.3, -0.25) is 0 Å². The summed E-state index contributed by atoms with van der Waals surface area (Å²) in [5, 5.41) is 5.02. The number of fused-ring (bicyclic) bond motifs is 1. The molecule has 0 saturated heterocycles. The van der Waals surface area contributed by atoms with Gasteiger partial charge in [0.15, 0.2) is 0 Å². The molecule has 0 bridgehead atoms. The zero-order valence-electron chi connectivity index (χ0n) is 12.8. The average molecular weight is 354 g/mol. The van der Waals surface area contributed by atoms with Crippen LogP contribution in [0.4, 0.5) is 0 Å². The van der Waals surface area contributed by atoms with Gasteiger partial charge in [-0.15, -0.1) is 11.3 Å². The van der Waals surface area contributed by atoms with Gasteiger partial charge in [-0.05, 0) is 54.0 Å². The summed E-state index contributed by atoms with van der Waals surface area (Å²) in [6.45, 7) is 11.2. The zero-order valence-corrected chi connectivity index (χ0v) is 15.2. The topological polar surface area (TPSA) is 12.0 Å². The molecule has 1 nitrogen and oxygen atoms in total. The van der Waals surface area contributed by atoms with Crippen LogP contribution in [0, 0.1) is 11.8 Å². The lowest BCUT2D eigenvalue weighted by Gasteiger charge is -2.10. The molecule has 1 heterocycles. The number of thiophene rings is 1. The molecule has 0 spiro atoms. The molecule has 1 aromatic heterocycles. The molecule has 20 heavy (non-hydrogen) atoms. The molecule has 0 aliphatic rings. The molecule has 0 saturated carbocycles. The van der Waals surface area contributed by atoms with Crippen LogP contribution in [0.15, 0.2) is 22.7 Å². The van der Waals surface area contributed by atoms with Gasteiger partial charge in [0.05, 0.1) is 0 Å². The van der Waals surface area contributed by atoms with Gasteiger partial charge in [-0.1, -0.05) is 43.6 Å². The Kier molecular flexibility index (Phi) is 5.65. The predicted octanol–water partition coefficient (Wildman–Crippen LogP) is 5.61. The van der Waals surface area contributed by atoms with Gasteiger partial charge in [0.1, 0.15) is 0 Å². The Balaban J connectivity index is 2.31. The van der Waals surface area contributed by atoms with Crippen molar-refractivity contribution in [1.29, 1.82) is 0 Å². The zero-order chi connectivity index (χ0) is 14.7. The molecule has 0 aliphatic carbocycles. The fourth-order valence-corrected chi connectivity index (χ4v) is 3.97. The van der Waals surface area contributed by atoms with E-state index in [1.54, 1.807) is 0 Å². The van der Waals surface area contributed by atoms with Crippen LogP contribution >= 0.6 is 27.3 Å². The molecule has 3 heteroatoms. The summed E-state index contributed by atoms with van der Waals surface area (Å²) >= 11 is 5.55. The normalized spacial score (nSPS) is 11.9. The van der Waals surface area contributed by atoms with Crippen LogP contribution in [0.5, 0.6) is 0 Å². The highest BCUT2D eigenvalue weighted by Gasteiger charge is 2.13. The standard InChI is InChI=1S/C17H24BrNS/c1-11(2)7-14-15-8-13(18)5-6-16(15)20-17(14)10-19-9-12(3)4/h5-6,8,11-12,19H,7,9-10H2,1-4H3. The van der Waals surface area contributed by atoms with Crippen LogP contribution in [0.25, 0.3) is 10.1 Å². The second-order valence-corrected chi connectivity index (χ2v) is 8.32. The SMILES string of the molecule is CC(C)CNCc1sc2ccc(Br)cc2c1CC(C)C. The van der Waals surface area contributed by atoms with E-state index in [4.69, 9.17) is 0 Å². The second-order valence-electron chi connectivity index (χ2n) is 6.27. The van der Waals surface area contributed by atoms with Crippen molar-refractivity contribution in [3.63, 3.8) is 0 Å². The third-order valence-electron chi connectivity index (χ3n) is 3.29. The summed E-state index contributed by atoms with van der Waals surface area (Å²) in [5.41, 5.74) is 1.54. The number of halogens is 1. The van der Waals surface area contributed by atoms with E-state index in [2.05, 4.69) is 67.1 Å². The van der Waals surface area contributed by atoms with E-state index in [9.17, 15) is 0 Å². The van der Waals surface area contributed by atoms with Gasteiger partial charge in [0.25, 0.3) is 0 Å². The van der Waals surface area contributed by atoms with Gasteiger partial charge < -0.3 is 5.32 Å². The molecule has 2 rings (SSSR count). The van der Waals surface area contributed by atoms with Gasteiger partial charge >= 0.3 is 0 Å². The smallest absolute Gasteiger partial charge is 0.0349 e. The van der Waals surface area contributed by atoms with Crippen molar-refractivity contribution < 1.29 is 0 Å². The lowest BCUT2D eigenvalue weighted by Crippen LogP contribution is -2.19. The molecule has 110 valence electrons. The van der Waals surface area contributed by atoms with E-state index >= 15 is 0 Å². The maximum Gasteiger partial charge on any atom is 0.0349 e. The van der Waals surface area contributed by atoms with Crippen molar-refractivity contribution >= 4 is 37.4 Å². The van der Waals surface area contributed by atoms with E-state index in [1.165, 1.54) is 25.0 Å². The van der Waals surface area contributed by atoms with Crippen molar-refractivity contribution in [3.05, 3.63) is 33.1 Å². The molecule has 1 N–H and O–H groups in total. The summed E-state index contributed by atoms with van der Waals surface area (Å²) in [6, 6.07) is 6.65. The number of benzene rings is 1. The van der Waals surface area contributed by atoms with Crippen LogP contribution in [-0.2, 0) is 13.0 Å². The summed E-state index contributed by atoms with van der Waals surface area (Å²) in [6.07, 6.45) is 1.16. The maximum atomic E-state index is 3.60. The van der Waals surface area contributed by atoms with Gasteiger partial charge in [-0.2, -0.15) is 0 Å². The number of hydrogen-bond acceptors (Lipinski definition) is 2. The quantitative estimate of drug-likeness (QED) is 0.711. The maximum absolute atomic E-state index is 3.60. The van der Waals surface area contributed by atoms with Gasteiger partial charge in [0, 0.05) is 20.6 Å². The van der Waals surface area contributed by atoms with Crippen molar-refractivity contribution in [2.75, 3.05) is 6.54 Å². The minimum absolute atomic E-state index is 0.690. The van der Waals surface area contributed by atoms with Crippen molar-refractivity contribution in [2.45, 2.75) is 40.7 Å². The number of hydrogen-bond donors (Lipinski definition) is 1. The Bertz CT molecular complexity index is 572. The Morgan fingerprint density at radius 2 is 1.90 bits per heavy atom. The molecule has 1 aromatic carbocycles. The van der Waals surface area contributed by atoms with Crippen LogP contribution < -0.4 is 5.32 Å². The first-order valence-electron chi connectivity index (χ1n) is 7.38. The van der Waals surface area contributed by atoms with E-state index in [1.807, 2.05) is 11.3 Å². The summed E-state index contributed by atoms with van der Waals surface area (Å²) in [5.74, 6) is 1.39. The minimum Gasteiger partial charge on any atom is -0.312 e. The highest BCUT2D eigenvalue weighted by atomic mass is 79.9. The monoisotopic (exact) mass is 353 g/mol. The van der Waals surface area contributed by atoms with Crippen LogP contribution in [0.1, 0.15) is 38.1 Å². The molecule has 2 aromatic rings. The first-order chi connectivity index (χ1) is 9.47. The van der Waals surface area contributed by atoms with E-state index in [0.29, 0.717) is 11.8 Å². The van der Waals surface area contributed by atoms with Crippen LogP contribution in [-0.4, -0.2) is 6.54 Å². The summed E-state index contributed by atoms with van der Waals surface area (Å²) < 4.78 is 2.58. The fourth-order valence-electron chi connectivity index (χ4n) is 2.42.